The maximum absolute atomic E-state index is 9.61. The molecule has 0 aromatic heterocycles. The molecule has 4 radical (unpaired) electrons. The Labute approximate surface area is 50.8 Å². The zero-order valence-electron chi connectivity index (χ0n) is 4.13. The van der Waals surface area contributed by atoms with Crippen LogP contribution in [0.15, 0.2) is 0 Å². The minimum absolute atomic E-state index is 0.844. The summed E-state index contributed by atoms with van der Waals surface area (Å²) in [5.74, 6) is 0. The van der Waals surface area contributed by atoms with Crippen molar-refractivity contribution in [3.8, 4) is 0 Å². The van der Waals surface area contributed by atoms with Crippen molar-refractivity contribution in [1.29, 1.82) is 0 Å². The van der Waals surface area contributed by atoms with E-state index in [9.17, 15) is 19.2 Å². The van der Waals surface area contributed by atoms with Gasteiger partial charge in [-0.15, -0.1) is 0 Å². The molecule has 0 bridgehead atoms. The largest absolute Gasteiger partial charge is 0.289 e. The van der Waals surface area contributed by atoms with Crippen molar-refractivity contribution in [3.63, 3.8) is 0 Å². The van der Waals surface area contributed by atoms with E-state index in [-0.39, 0.29) is 0 Å². The predicted molar refractivity (Wildman–Crippen MR) is 25.2 cm³/mol. The summed E-state index contributed by atoms with van der Waals surface area (Å²) in [4.78, 5) is 38.4. The van der Waals surface area contributed by atoms with E-state index in [1.165, 1.54) is 0 Å². The summed E-state index contributed by atoms with van der Waals surface area (Å²) in [5, 5.41) is 0. The molecule has 0 aliphatic heterocycles. The fourth-order valence-electron chi connectivity index (χ4n) is 0.125. The smallest absolute Gasteiger partial charge is 0.234 e. The lowest BCUT2D eigenvalue weighted by Crippen LogP contribution is -2.27. The van der Waals surface area contributed by atoms with Gasteiger partial charge in [0.2, 0.25) is 30.6 Å². The molecule has 0 heterocycles. The summed E-state index contributed by atoms with van der Waals surface area (Å²) < 4.78 is 0. The highest BCUT2D eigenvalue weighted by Gasteiger charge is 2.33. The van der Waals surface area contributed by atoms with Gasteiger partial charge in [0, 0.05) is 0 Å². The Bertz CT molecular complexity index is 112. The third-order valence-corrected chi connectivity index (χ3v) is 0.612. The van der Waals surface area contributed by atoms with Gasteiger partial charge in [-0.05, 0) is 0 Å². The third kappa shape index (κ3) is 1.28. The molecule has 0 spiro atoms. The quantitative estimate of drug-likeness (QED) is 0.424. The van der Waals surface area contributed by atoms with Crippen LogP contribution in [-0.4, -0.2) is 25.1 Å². The first-order valence-electron chi connectivity index (χ1n) is 1.82. The van der Waals surface area contributed by atoms with Crippen LogP contribution in [0, 0.1) is 5.41 Å². The zero-order valence-corrected chi connectivity index (χ0v) is 4.13. The Hall–Kier alpha value is -1.32. The number of carbonyl (C=O) groups excluding carboxylic acids is 4. The van der Waals surface area contributed by atoms with Crippen LogP contribution in [0.2, 0.25) is 0 Å². The summed E-state index contributed by atoms with van der Waals surface area (Å²) in [6.45, 7) is 0. The second-order valence-corrected chi connectivity index (χ2v) is 1.16. The summed E-state index contributed by atoms with van der Waals surface area (Å²) in [6, 6.07) is 0. The van der Waals surface area contributed by atoms with Crippen molar-refractivity contribution in [2.24, 2.45) is 5.41 Å². The van der Waals surface area contributed by atoms with Crippen LogP contribution in [0.5, 0.6) is 0 Å². The van der Waals surface area contributed by atoms with Crippen molar-refractivity contribution in [1.82, 2.24) is 0 Å². The molecule has 0 atom stereocenters. The molecule has 0 aliphatic carbocycles. The molecule has 44 valence electrons. The van der Waals surface area contributed by atoms with Gasteiger partial charge in [0.15, 0.2) is 0 Å². The van der Waals surface area contributed by atoms with Crippen LogP contribution in [0.1, 0.15) is 0 Å². The lowest BCUT2D eigenvalue weighted by Gasteiger charge is -1.93. The fourth-order valence-corrected chi connectivity index (χ4v) is 0.125. The van der Waals surface area contributed by atoms with Crippen LogP contribution in [0.3, 0.4) is 0 Å². The van der Waals surface area contributed by atoms with Gasteiger partial charge in [-0.3, -0.25) is 19.2 Å². The normalized spacial score (nSPS) is 9.78. The minimum Gasteiger partial charge on any atom is -0.289 e. The molecule has 0 aliphatic rings. The average molecular weight is 124 g/mol. The van der Waals surface area contributed by atoms with Gasteiger partial charge >= 0.3 is 0 Å². The molecule has 0 N–H and O–H groups in total. The maximum Gasteiger partial charge on any atom is 0.234 e. The van der Waals surface area contributed by atoms with Crippen molar-refractivity contribution < 1.29 is 19.2 Å². The van der Waals surface area contributed by atoms with Gasteiger partial charge in [0.05, 0.1) is 0 Å². The molecule has 0 saturated heterocycles. The van der Waals surface area contributed by atoms with E-state index in [0.717, 1.165) is 25.1 Å². The van der Waals surface area contributed by atoms with E-state index >= 15 is 0 Å². The summed E-state index contributed by atoms with van der Waals surface area (Å²) in [7, 11) is 0. The lowest BCUT2D eigenvalue weighted by molar-refractivity contribution is 0.486. The second kappa shape index (κ2) is 2.86. The Balaban J connectivity index is 4.53. The van der Waals surface area contributed by atoms with E-state index in [2.05, 4.69) is 0 Å². The molecule has 9 heavy (non-hydrogen) atoms. The maximum atomic E-state index is 9.61. The van der Waals surface area contributed by atoms with Gasteiger partial charge in [0.25, 0.3) is 0 Å². The van der Waals surface area contributed by atoms with E-state index in [0.29, 0.717) is 0 Å². The lowest BCUT2D eigenvalue weighted by atomic mass is 9.97. The molecule has 0 amide bonds. The van der Waals surface area contributed by atoms with E-state index in [1.54, 1.807) is 0 Å². The zero-order chi connectivity index (χ0) is 7.33. The fraction of sp³-hybridized carbons (Fsp3) is 0.200. The van der Waals surface area contributed by atoms with Crippen LogP contribution in [-0.2, 0) is 19.2 Å². The Morgan fingerprint density at radius 3 is 0.889 bits per heavy atom. The Kier molecular flexibility index (Phi) is 2.44. The first kappa shape index (κ1) is 7.68. The molecule has 0 fully saturated rings. The molecule has 0 rings (SSSR count). The molecular formula is C5O4. The number of hydrogen-bond donors (Lipinski definition) is 0. The van der Waals surface area contributed by atoms with Crippen LogP contribution < -0.4 is 0 Å². The molecule has 0 unspecified atom stereocenters. The minimum atomic E-state index is -2.56. The topological polar surface area (TPSA) is 68.3 Å². The molecule has 0 saturated carbocycles. The summed E-state index contributed by atoms with van der Waals surface area (Å²) in [6.07, 6.45) is 3.38. The summed E-state index contributed by atoms with van der Waals surface area (Å²) in [5.41, 5.74) is -2.56. The highest BCUT2D eigenvalue weighted by atomic mass is 16.2. The molecule has 0 aromatic rings. The van der Waals surface area contributed by atoms with Gasteiger partial charge in [-0.25, -0.2) is 0 Å². The van der Waals surface area contributed by atoms with Crippen LogP contribution in [0.4, 0.5) is 0 Å². The highest BCUT2D eigenvalue weighted by Crippen LogP contribution is 1.98. The van der Waals surface area contributed by atoms with E-state index in [4.69, 9.17) is 0 Å². The monoisotopic (exact) mass is 124 g/mol. The van der Waals surface area contributed by atoms with Crippen molar-refractivity contribution in [3.05, 3.63) is 0 Å². The standard InChI is InChI=1S/C5O4/c6-1-5(2-7,3-8)4-9. The van der Waals surface area contributed by atoms with E-state index < -0.39 is 5.41 Å². The van der Waals surface area contributed by atoms with Gasteiger partial charge < -0.3 is 0 Å². The average Bonchev–Trinajstić information content (AvgIpc) is 1.95. The molecule has 4 nitrogen and oxygen atoms in total. The Morgan fingerprint density at radius 2 is 0.889 bits per heavy atom. The first-order valence-corrected chi connectivity index (χ1v) is 1.82. The van der Waals surface area contributed by atoms with Crippen molar-refractivity contribution in [2.75, 3.05) is 0 Å². The van der Waals surface area contributed by atoms with Gasteiger partial charge in [0.1, 0.15) is 0 Å². The summed E-state index contributed by atoms with van der Waals surface area (Å²) >= 11 is 0. The van der Waals surface area contributed by atoms with Crippen molar-refractivity contribution >= 4 is 25.1 Å². The van der Waals surface area contributed by atoms with Gasteiger partial charge in [-0.2, -0.15) is 0 Å². The molecule has 4 heteroatoms. The second-order valence-electron chi connectivity index (χ2n) is 1.16. The van der Waals surface area contributed by atoms with E-state index in [1.807, 2.05) is 0 Å². The molecule has 0 aromatic carbocycles. The SMILES string of the molecule is O=[C]C([C]=O)([C]=O)[C]=O. The third-order valence-electron chi connectivity index (χ3n) is 0.612. The Morgan fingerprint density at radius 1 is 0.667 bits per heavy atom. The highest BCUT2D eigenvalue weighted by molar-refractivity contribution is 6.17. The first-order chi connectivity index (χ1) is 4.24. The van der Waals surface area contributed by atoms with Crippen molar-refractivity contribution in [2.45, 2.75) is 0 Å². The molecular weight excluding hydrogens is 124 g/mol. The predicted octanol–water partition coefficient (Wildman–Crippen LogP) is -1.59. The van der Waals surface area contributed by atoms with Crippen LogP contribution >= 0.6 is 0 Å². The van der Waals surface area contributed by atoms with Crippen LogP contribution in [0.25, 0.3) is 0 Å². The number of hydrogen-bond acceptors (Lipinski definition) is 4. The number of rotatable bonds is 4. The van der Waals surface area contributed by atoms with Gasteiger partial charge in [-0.1, -0.05) is 0 Å².